The molecule has 3 rings (SSSR count). The summed E-state index contributed by atoms with van der Waals surface area (Å²) in [7, 11) is 0. The van der Waals surface area contributed by atoms with E-state index in [0.29, 0.717) is 13.2 Å². The molecule has 1 atom stereocenters. The number of nitrogens with two attached hydrogens (primary N) is 1. The molecule has 0 saturated carbocycles. The average molecular weight is 313 g/mol. The number of morpholine rings is 1. The van der Waals surface area contributed by atoms with Gasteiger partial charge in [-0.2, -0.15) is 0 Å². The summed E-state index contributed by atoms with van der Waals surface area (Å²) in [6.45, 7) is 5.92. The summed E-state index contributed by atoms with van der Waals surface area (Å²) in [6.07, 6.45) is -0.0253. The van der Waals surface area contributed by atoms with E-state index < -0.39 is 0 Å². The number of pyridine rings is 1. The quantitative estimate of drug-likeness (QED) is 0.918. The number of hydrogen-bond donors (Lipinski definition) is 1. The van der Waals surface area contributed by atoms with Gasteiger partial charge in [0.2, 0.25) is 0 Å². The predicted octanol–water partition coefficient (Wildman–Crippen LogP) is 2.42. The highest BCUT2D eigenvalue weighted by atomic mass is 16.5. The van der Waals surface area contributed by atoms with Gasteiger partial charge in [-0.15, -0.1) is 0 Å². The van der Waals surface area contributed by atoms with Crippen LogP contribution in [-0.2, 0) is 4.74 Å². The number of aromatic nitrogens is 1. The van der Waals surface area contributed by atoms with Crippen LogP contribution in [0, 0.1) is 6.92 Å². The summed E-state index contributed by atoms with van der Waals surface area (Å²) in [6, 6.07) is 13.7. The lowest BCUT2D eigenvalue weighted by molar-refractivity contribution is -0.0349. The minimum Gasteiger partial charge on any atom is -0.492 e. The van der Waals surface area contributed by atoms with Crippen LogP contribution in [0.15, 0.2) is 42.5 Å². The molecule has 5 heteroatoms. The fraction of sp³-hybridized carbons (Fsp3) is 0.389. The number of para-hydroxylation sites is 1. The van der Waals surface area contributed by atoms with Crippen molar-refractivity contribution < 1.29 is 9.47 Å². The van der Waals surface area contributed by atoms with Gasteiger partial charge < -0.3 is 15.2 Å². The third-order valence-corrected chi connectivity index (χ3v) is 3.90. The number of rotatable bonds is 5. The van der Waals surface area contributed by atoms with E-state index in [2.05, 4.69) is 9.88 Å². The molecule has 5 nitrogen and oxygen atoms in total. The average Bonchev–Trinajstić information content (AvgIpc) is 2.55. The minimum atomic E-state index is -0.0253. The molecule has 1 fully saturated rings. The van der Waals surface area contributed by atoms with Crippen molar-refractivity contribution >= 4 is 5.69 Å². The zero-order valence-electron chi connectivity index (χ0n) is 13.4. The standard InChI is InChI=1S/C18H23N3O2/c1-14-11-15(19)12-17(20-14)18-13-21(8-10-23-18)7-9-22-16-5-3-2-4-6-16/h2-6,11-12,18H,7-10,13H2,1H3,(H2,19,20). The maximum Gasteiger partial charge on any atom is 0.119 e. The van der Waals surface area contributed by atoms with E-state index in [0.717, 1.165) is 42.5 Å². The summed E-state index contributed by atoms with van der Waals surface area (Å²) < 4.78 is 11.6. The number of anilines is 1. The van der Waals surface area contributed by atoms with Crippen molar-refractivity contribution in [3.63, 3.8) is 0 Å². The number of benzene rings is 1. The molecule has 0 radical (unpaired) electrons. The lowest BCUT2D eigenvalue weighted by Gasteiger charge is -2.32. The highest BCUT2D eigenvalue weighted by Crippen LogP contribution is 2.22. The van der Waals surface area contributed by atoms with Crippen molar-refractivity contribution in [1.29, 1.82) is 0 Å². The molecule has 1 aliphatic rings. The van der Waals surface area contributed by atoms with E-state index in [-0.39, 0.29) is 6.10 Å². The molecule has 2 N–H and O–H groups in total. The van der Waals surface area contributed by atoms with E-state index in [1.54, 1.807) is 0 Å². The fourth-order valence-corrected chi connectivity index (χ4v) is 2.78. The SMILES string of the molecule is Cc1cc(N)cc(C2CN(CCOc3ccccc3)CCO2)n1. The fourth-order valence-electron chi connectivity index (χ4n) is 2.78. The van der Waals surface area contributed by atoms with E-state index in [1.807, 2.05) is 49.4 Å². The van der Waals surface area contributed by atoms with Crippen molar-refractivity contribution in [2.75, 3.05) is 38.6 Å². The lowest BCUT2D eigenvalue weighted by Crippen LogP contribution is -2.40. The largest absolute Gasteiger partial charge is 0.492 e. The van der Waals surface area contributed by atoms with Crippen molar-refractivity contribution in [3.8, 4) is 5.75 Å². The molecule has 1 aliphatic heterocycles. The number of aryl methyl sites for hydroxylation is 1. The Morgan fingerprint density at radius 1 is 1.30 bits per heavy atom. The van der Waals surface area contributed by atoms with Gasteiger partial charge in [-0.25, -0.2) is 0 Å². The second-order valence-corrected chi connectivity index (χ2v) is 5.79. The van der Waals surface area contributed by atoms with Gasteiger partial charge in [0.25, 0.3) is 0 Å². The summed E-state index contributed by atoms with van der Waals surface area (Å²) >= 11 is 0. The minimum absolute atomic E-state index is 0.0253. The number of ether oxygens (including phenoxy) is 2. The highest BCUT2D eigenvalue weighted by molar-refractivity contribution is 5.40. The van der Waals surface area contributed by atoms with Gasteiger partial charge in [0.15, 0.2) is 0 Å². The molecule has 0 bridgehead atoms. The van der Waals surface area contributed by atoms with Crippen LogP contribution in [0.2, 0.25) is 0 Å². The van der Waals surface area contributed by atoms with E-state index in [1.165, 1.54) is 0 Å². The monoisotopic (exact) mass is 313 g/mol. The second kappa shape index (κ2) is 7.44. The van der Waals surface area contributed by atoms with Crippen LogP contribution in [0.25, 0.3) is 0 Å². The molecule has 2 aromatic rings. The topological polar surface area (TPSA) is 60.6 Å². The zero-order chi connectivity index (χ0) is 16.1. The lowest BCUT2D eigenvalue weighted by atomic mass is 10.1. The van der Waals surface area contributed by atoms with Gasteiger partial charge >= 0.3 is 0 Å². The van der Waals surface area contributed by atoms with Crippen molar-refractivity contribution in [3.05, 3.63) is 53.9 Å². The Labute approximate surface area is 137 Å². The summed E-state index contributed by atoms with van der Waals surface area (Å²) in [5.41, 5.74) is 8.49. The third-order valence-electron chi connectivity index (χ3n) is 3.90. The first-order valence-corrected chi connectivity index (χ1v) is 7.96. The van der Waals surface area contributed by atoms with Crippen LogP contribution in [-0.4, -0.2) is 42.7 Å². The number of nitrogens with zero attached hydrogens (tertiary/aromatic N) is 2. The van der Waals surface area contributed by atoms with Crippen LogP contribution in [0.4, 0.5) is 5.69 Å². The Kier molecular flexibility index (Phi) is 5.10. The van der Waals surface area contributed by atoms with Crippen LogP contribution >= 0.6 is 0 Å². The van der Waals surface area contributed by atoms with Gasteiger partial charge in [-0.1, -0.05) is 18.2 Å². The smallest absolute Gasteiger partial charge is 0.119 e. The highest BCUT2D eigenvalue weighted by Gasteiger charge is 2.23. The molecule has 23 heavy (non-hydrogen) atoms. The van der Waals surface area contributed by atoms with E-state index in [4.69, 9.17) is 15.2 Å². The number of nitrogen functional groups attached to an aromatic ring is 1. The van der Waals surface area contributed by atoms with E-state index in [9.17, 15) is 0 Å². The van der Waals surface area contributed by atoms with Gasteiger partial charge in [0, 0.05) is 31.0 Å². The Morgan fingerprint density at radius 3 is 2.91 bits per heavy atom. The second-order valence-electron chi connectivity index (χ2n) is 5.79. The van der Waals surface area contributed by atoms with Crippen molar-refractivity contribution in [2.45, 2.75) is 13.0 Å². The Bertz CT molecular complexity index is 613. The maximum absolute atomic E-state index is 5.92. The van der Waals surface area contributed by atoms with Gasteiger partial charge in [-0.05, 0) is 31.2 Å². The molecule has 0 aliphatic carbocycles. The van der Waals surface area contributed by atoms with Crippen LogP contribution < -0.4 is 10.5 Å². The summed E-state index contributed by atoms with van der Waals surface area (Å²) in [5.74, 6) is 0.908. The third kappa shape index (κ3) is 4.43. The molecule has 1 unspecified atom stereocenters. The predicted molar refractivity (Wildman–Crippen MR) is 90.5 cm³/mol. The Balaban J connectivity index is 1.53. The molecule has 0 spiro atoms. The first kappa shape index (κ1) is 15.8. The van der Waals surface area contributed by atoms with Gasteiger partial charge in [0.05, 0.1) is 12.3 Å². The maximum atomic E-state index is 5.92. The first-order valence-electron chi connectivity index (χ1n) is 7.96. The molecule has 122 valence electrons. The van der Waals surface area contributed by atoms with Crippen molar-refractivity contribution in [2.24, 2.45) is 0 Å². The Morgan fingerprint density at radius 2 is 2.13 bits per heavy atom. The first-order chi connectivity index (χ1) is 11.2. The summed E-state index contributed by atoms with van der Waals surface area (Å²) in [4.78, 5) is 6.90. The van der Waals surface area contributed by atoms with Gasteiger partial charge in [0.1, 0.15) is 18.5 Å². The van der Waals surface area contributed by atoms with Crippen LogP contribution in [0.5, 0.6) is 5.75 Å². The molecule has 2 heterocycles. The normalized spacial score (nSPS) is 18.7. The molecule has 1 aromatic heterocycles. The van der Waals surface area contributed by atoms with E-state index >= 15 is 0 Å². The summed E-state index contributed by atoms with van der Waals surface area (Å²) in [5, 5.41) is 0. The molecular weight excluding hydrogens is 290 g/mol. The molecule has 1 aromatic carbocycles. The van der Waals surface area contributed by atoms with Gasteiger partial charge in [-0.3, -0.25) is 9.88 Å². The molecular formula is C18H23N3O2. The zero-order valence-corrected chi connectivity index (χ0v) is 13.4. The van der Waals surface area contributed by atoms with Crippen LogP contribution in [0.1, 0.15) is 17.5 Å². The van der Waals surface area contributed by atoms with Crippen LogP contribution in [0.3, 0.4) is 0 Å². The number of hydrogen-bond acceptors (Lipinski definition) is 5. The molecule has 0 amide bonds. The molecule has 1 saturated heterocycles. The van der Waals surface area contributed by atoms with Crippen molar-refractivity contribution in [1.82, 2.24) is 9.88 Å². The Hall–Kier alpha value is -2.11.